The summed E-state index contributed by atoms with van der Waals surface area (Å²) in [5.41, 5.74) is 0.763. The van der Waals surface area contributed by atoms with Crippen molar-refractivity contribution in [2.24, 2.45) is 0 Å². The predicted octanol–water partition coefficient (Wildman–Crippen LogP) is 1.04. The van der Waals surface area contributed by atoms with Crippen LogP contribution in [0.3, 0.4) is 0 Å². The zero-order valence-electron chi connectivity index (χ0n) is 11.3. The lowest BCUT2D eigenvalue weighted by molar-refractivity contribution is -0.144. The molecular formula is C14H18N2O4. The SMILES string of the molecule is Cc1cccc(CNC(=O)NC2(C(=O)O)CCOC2)c1. The molecular weight excluding hydrogens is 260 g/mol. The first-order chi connectivity index (χ1) is 9.52. The van der Waals surface area contributed by atoms with E-state index in [1.807, 2.05) is 31.2 Å². The fourth-order valence-corrected chi connectivity index (χ4v) is 2.15. The van der Waals surface area contributed by atoms with Gasteiger partial charge in [0.25, 0.3) is 0 Å². The monoisotopic (exact) mass is 278 g/mol. The third-order valence-corrected chi connectivity index (χ3v) is 3.32. The van der Waals surface area contributed by atoms with Gasteiger partial charge >= 0.3 is 12.0 Å². The Morgan fingerprint density at radius 3 is 2.85 bits per heavy atom. The minimum atomic E-state index is -1.31. The molecule has 1 aromatic carbocycles. The highest BCUT2D eigenvalue weighted by atomic mass is 16.5. The molecule has 0 spiro atoms. The van der Waals surface area contributed by atoms with Gasteiger partial charge in [-0.15, -0.1) is 0 Å². The van der Waals surface area contributed by atoms with Crippen LogP contribution in [0.1, 0.15) is 17.5 Å². The van der Waals surface area contributed by atoms with Crippen LogP contribution in [-0.4, -0.2) is 35.9 Å². The summed E-state index contributed by atoms with van der Waals surface area (Å²) in [7, 11) is 0. The van der Waals surface area contributed by atoms with Gasteiger partial charge in [-0.1, -0.05) is 29.8 Å². The number of carbonyl (C=O) groups excluding carboxylic acids is 1. The zero-order chi connectivity index (χ0) is 14.6. The average molecular weight is 278 g/mol. The lowest BCUT2D eigenvalue weighted by Gasteiger charge is -2.23. The maximum atomic E-state index is 11.8. The summed E-state index contributed by atoms with van der Waals surface area (Å²) in [6.45, 7) is 2.66. The summed E-state index contributed by atoms with van der Waals surface area (Å²) in [6, 6.07) is 7.25. The van der Waals surface area contributed by atoms with Crippen molar-refractivity contribution in [2.75, 3.05) is 13.2 Å². The Morgan fingerprint density at radius 2 is 2.25 bits per heavy atom. The molecule has 1 atom stereocenters. The summed E-state index contributed by atoms with van der Waals surface area (Å²) >= 11 is 0. The molecule has 0 radical (unpaired) electrons. The number of carboxylic acid groups (broad SMARTS) is 1. The molecule has 0 bridgehead atoms. The van der Waals surface area contributed by atoms with Gasteiger partial charge < -0.3 is 20.5 Å². The van der Waals surface area contributed by atoms with Crippen molar-refractivity contribution < 1.29 is 19.4 Å². The number of hydrogen-bond donors (Lipinski definition) is 3. The zero-order valence-corrected chi connectivity index (χ0v) is 11.3. The van der Waals surface area contributed by atoms with Crippen LogP contribution < -0.4 is 10.6 Å². The molecule has 1 fully saturated rings. The summed E-state index contributed by atoms with van der Waals surface area (Å²) in [5.74, 6) is -1.07. The highest BCUT2D eigenvalue weighted by Crippen LogP contribution is 2.18. The van der Waals surface area contributed by atoms with Crippen molar-refractivity contribution in [2.45, 2.75) is 25.4 Å². The number of urea groups is 1. The van der Waals surface area contributed by atoms with E-state index >= 15 is 0 Å². The van der Waals surface area contributed by atoms with Crippen LogP contribution in [0.15, 0.2) is 24.3 Å². The topological polar surface area (TPSA) is 87.7 Å². The summed E-state index contributed by atoms with van der Waals surface area (Å²) in [6.07, 6.45) is 0.278. The fraction of sp³-hybridized carbons (Fsp3) is 0.429. The molecule has 1 aliphatic rings. The molecule has 1 aromatic rings. The number of carbonyl (C=O) groups is 2. The quantitative estimate of drug-likeness (QED) is 0.768. The van der Waals surface area contributed by atoms with E-state index in [1.165, 1.54) is 0 Å². The number of benzene rings is 1. The second-order valence-corrected chi connectivity index (χ2v) is 4.99. The van der Waals surface area contributed by atoms with Crippen LogP contribution in [0.2, 0.25) is 0 Å². The molecule has 6 heteroatoms. The Balaban J connectivity index is 1.90. The summed E-state index contributed by atoms with van der Waals surface area (Å²) < 4.78 is 5.08. The van der Waals surface area contributed by atoms with Gasteiger partial charge in [-0.25, -0.2) is 9.59 Å². The minimum absolute atomic E-state index is 0.000197. The molecule has 0 aliphatic carbocycles. The van der Waals surface area contributed by atoms with Gasteiger partial charge in [-0.3, -0.25) is 0 Å². The maximum absolute atomic E-state index is 11.8. The lowest BCUT2D eigenvalue weighted by atomic mass is 9.99. The van der Waals surface area contributed by atoms with Gasteiger partial charge in [0, 0.05) is 19.6 Å². The van der Waals surface area contributed by atoms with E-state index in [4.69, 9.17) is 4.74 Å². The van der Waals surface area contributed by atoms with E-state index in [9.17, 15) is 14.7 Å². The van der Waals surface area contributed by atoms with Crippen molar-refractivity contribution in [1.29, 1.82) is 0 Å². The van der Waals surface area contributed by atoms with E-state index in [0.29, 0.717) is 13.2 Å². The van der Waals surface area contributed by atoms with Gasteiger partial charge in [0.05, 0.1) is 6.61 Å². The van der Waals surface area contributed by atoms with Crippen molar-refractivity contribution in [3.63, 3.8) is 0 Å². The van der Waals surface area contributed by atoms with Crippen molar-refractivity contribution in [1.82, 2.24) is 10.6 Å². The Morgan fingerprint density at radius 1 is 1.45 bits per heavy atom. The van der Waals surface area contributed by atoms with Crippen LogP contribution in [0, 0.1) is 6.92 Å². The van der Waals surface area contributed by atoms with Crippen LogP contribution in [0.25, 0.3) is 0 Å². The van der Waals surface area contributed by atoms with E-state index in [0.717, 1.165) is 11.1 Å². The maximum Gasteiger partial charge on any atom is 0.332 e. The van der Waals surface area contributed by atoms with Crippen molar-refractivity contribution in [3.8, 4) is 0 Å². The number of ether oxygens (including phenoxy) is 1. The number of amides is 2. The standard InChI is InChI=1S/C14H18N2O4/c1-10-3-2-4-11(7-10)8-15-13(19)16-14(12(17)18)5-6-20-9-14/h2-4,7H,5-6,8-9H2,1H3,(H,17,18)(H2,15,16,19). The Hall–Kier alpha value is -2.08. The van der Waals surface area contributed by atoms with Crippen molar-refractivity contribution >= 4 is 12.0 Å². The first-order valence-corrected chi connectivity index (χ1v) is 6.44. The molecule has 0 aromatic heterocycles. The molecule has 108 valence electrons. The number of carboxylic acids is 1. The Bertz CT molecular complexity index is 510. The predicted molar refractivity (Wildman–Crippen MR) is 72.4 cm³/mol. The molecule has 1 heterocycles. The smallest absolute Gasteiger partial charge is 0.332 e. The summed E-state index contributed by atoms with van der Waals surface area (Å²) in [5, 5.41) is 14.4. The van der Waals surface area contributed by atoms with Gasteiger partial charge in [0.2, 0.25) is 0 Å². The number of hydrogen-bond acceptors (Lipinski definition) is 3. The van der Waals surface area contributed by atoms with E-state index < -0.39 is 17.5 Å². The largest absolute Gasteiger partial charge is 0.479 e. The van der Waals surface area contributed by atoms with Gasteiger partial charge in [-0.05, 0) is 12.5 Å². The third kappa shape index (κ3) is 3.27. The molecule has 3 N–H and O–H groups in total. The van der Waals surface area contributed by atoms with Crippen LogP contribution >= 0.6 is 0 Å². The molecule has 1 aliphatic heterocycles. The molecule has 20 heavy (non-hydrogen) atoms. The number of aryl methyl sites for hydroxylation is 1. The van der Waals surface area contributed by atoms with Crippen LogP contribution in [0.4, 0.5) is 4.79 Å². The number of nitrogens with one attached hydrogen (secondary N) is 2. The van der Waals surface area contributed by atoms with E-state index in [1.54, 1.807) is 0 Å². The lowest BCUT2D eigenvalue weighted by Crippen LogP contribution is -2.57. The highest BCUT2D eigenvalue weighted by Gasteiger charge is 2.43. The number of rotatable bonds is 4. The van der Waals surface area contributed by atoms with E-state index in [2.05, 4.69) is 10.6 Å². The van der Waals surface area contributed by atoms with Gasteiger partial charge in [0.15, 0.2) is 5.54 Å². The molecule has 2 amide bonds. The first-order valence-electron chi connectivity index (χ1n) is 6.44. The molecule has 6 nitrogen and oxygen atoms in total. The Labute approximate surface area is 117 Å². The molecule has 0 saturated carbocycles. The third-order valence-electron chi connectivity index (χ3n) is 3.32. The normalized spacial score (nSPS) is 21.4. The Kier molecular flexibility index (Phi) is 4.24. The first kappa shape index (κ1) is 14.3. The van der Waals surface area contributed by atoms with Gasteiger partial charge in [-0.2, -0.15) is 0 Å². The van der Waals surface area contributed by atoms with Crippen LogP contribution in [0.5, 0.6) is 0 Å². The van der Waals surface area contributed by atoms with Crippen molar-refractivity contribution in [3.05, 3.63) is 35.4 Å². The molecule has 2 rings (SSSR count). The fourth-order valence-electron chi connectivity index (χ4n) is 2.15. The second kappa shape index (κ2) is 5.92. The number of aliphatic carboxylic acids is 1. The van der Waals surface area contributed by atoms with Crippen LogP contribution in [-0.2, 0) is 16.1 Å². The van der Waals surface area contributed by atoms with Gasteiger partial charge in [0.1, 0.15) is 0 Å². The summed E-state index contributed by atoms with van der Waals surface area (Å²) in [4.78, 5) is 23.1. The molecule has 1 saturated heterocycles. The average Bonchev–Trinajstić information content (AvgIpc) is 2.86. The highest BCUT2D eigenvalue weighted by molar-refractivity contribution is 5.86. The van der Waals surface area contributed by atoms with E-state index in [-0.39, 0.29) is 13.0 Å². The second-order valence-electron chi connectivity index (χ2n) is 4.99. The molecule has 1 unspecified atom stereocenters. The minimum Gasteiger partial charge on any atom is -0.479 e.